The lowest BCUT2D eigenvalue weighted by molar-refractivity contribution is 0.324. The summed E-state index contributed by atoms with van der Waals surface area (Å²) in [6.45, 7) is 6.05. The summed E-state index contributed by atoms with van der Waals surface area (Å²) in [4.78, 5) is 0. The van der Waals surface area contributed by atoms with E-state index < -0.39 is 0 Å². The van der Waals surface area contributed by atoms with Crippen LogP contribution in [-0.2, 0) is 0 Å². The van der Waals surface area contributed by atoms with E-state index in [4.69, 9.17) is 9.47 Å². The van der Waals surface area contributed by atoms with E-state index in [9.17, 15) is 5.26 Å². The van der Waals surface area contributed by atoms with E-state index in [1.54, 1.807) is 13.2 Å². The highest BCUT2D eigenvalue weighted by molar-refractivity contribution is 9.10. The number of halogens is 1. The Bertz CT molecular complexity index is 802. The van der Waals surface area contributed by atoms with Crippen molar-refractivity contribution in [1.82, 2.24) is 0 Å². The van der Waals surface area contributed by atoms with Crippen molar-refractivity contribution in [3.63, 3.8) is 0 Å². The van der Waals surface area contributed by atoms with Gasteiger partial charge in [0.25, 0.3) is 0 Å². The molecule has 0 aliphatic rings. The van der Waals surface area contributed by atoms with Gasteiger partial charge in [0.1, 0.15) is 6.61 Å². The van der Waals surface area contributed by atoms with Crippen molar-refractivity contribution in [1.29, 1.82) is 5.26 Å². The van der Waals surface area contributed by atoms with Gasteiger partial charge in [-0.05, 0) is 52.2 Å². The van der Waals surface area contributed by atoms with Crippen LogP contribution in [0.15, 0.2) is 53.5 Å². The van der Waals surface area contributed by atoms with Gasteiger partial charge in [0, 0.05) is 0 Å². The van der Waals surface area contributed by atoms with Gasteiger partial charge in [-0.15, -0.1) is 0 Å². The normalized spacial score (nSPS) is 10.8. The lowest BCUT2D eigenvalue weighted by atomic mass is 10.0. The summed E-state index contributed by atoms with van der Waals surface area (Å²) >= 11 is 3.50. The van der Waals surface area contributed by atoms with Gasteiger partial charge in [0.2, 0.25) is 0 Å². The number of nitrogens with zero attached hydrogens (tertiary/aromatic N) is 1. The van der Waals surface area contributed by atoms with Crippen LogP contribution >= 0.6 is 15.9 Å². The lowest BCUT2D eigenvalue weighted by Crippen LogP contribution is -1.97. The second-order valence-corrected chi connectivity index (χ2v) is 6.02. The lowest BCUT2D eigenvalue weighted by Gasteiger charge is -2.12. The Hall–Kier alpha value is -2.51. The molecular weight excluding hydrogens is 366 g/mol. The molecule has 0 amide bonds. The Balaban J connectivity index is 2.43. The van der Waals surface area contributed by atoms with Gasteiger partial charge in [-0.2, -0.15) is 5.26 Å². The predicted molar refractivity (Wildman–Crippen MR) is 101 cm³/mol. The first-order valence-corrected chi connectivity index (χ1v) is 8.18. The van der Waals surface area contributed by atoms with E-state index in [0.717, 1.165) is 21.2 Å². The van der Waals surface area contributed by atoms with E-state index in [1.807, 2.05) is 49.4 Å². The molecule has 0 spiro atoms. The molecule has 0 N–H and O–H groups in total. The fraction of sp³-hybridized carbons (Fsp3) is 0.150. The predicted octanol–water partition coefficient (Wildman–Crippen LogP) is 5.40. The third-order valence-corrected chi connectivity index (χ3v) is 3.98. The maximum atomic E-state index is 9.48. The van der Waals surface area contributed by atoms with Gasteiger partial charge >= 0.3 is 0 Å². The van der Waals surface area contributed by atoms with E-state index in [1.165, 1.54) is 0 Å². The highest BCUT2D eigenvalue weighted by atomic mass is 79.9. The zero-order chi connectivity index (χ0) is 17.5. The van der Waals surface area contributed by atoms with Crippen molar-refractivity contribution in [3.8, 4) is 17.6 Å². The first-order valence-electron chi connectivity index (χ1n) is 7.39. The topological polar surface area (TPSA) is 42.2 Å². The molecule has 3 nitrogen and oxygen atoms in total. The highest BCUT2D eigenvalue weighted by Gasteiger charge is 2.11. The first-order chi connectivity index (χ1) is 11.6. The van der Waals surface area contributed by atoms with Crippen molar-refractivity contribution in [2.45, 2.75) is 6.92 Å². The van der Waals surface area contributed by atoms with Gasteiger partial charge in [-0.25, -0.2) is 0 Å². The number of hydrogen-bond acceptors (Lipinski definition) is 3. The summed E-state index contributed by atoms with van der Waals surface area (Å²) in [5, 5.41) is 9.48. The number of aryl methyl sites for hydroxylation is 1. The van der Waals surface area contributed by atoms with Gasteiger partial charge < -0.3 is 9.47 Å². The average molecular weight is 384 g/mol. The number of hydrogen-bond donors (Lipinski definition) is 0. The van der Waals surface area contributed by atoms with Gasteiger partial charge in [-0.1, -0.05) is 42.5 Å². The molecule has 2 aromatic carbocycles. The molecule has 0 aliphatic heterocycles. The molecular formula is C20H18BrNO2. The summed E-state index contributed by atoms with van der Waals surface area (Å²) in [5.74, 6) is 1.21. The van der Waals surface area contributed by atoms with Crippen molar-refractivity contribution < 1.29 is 9.47 Å². The monoisotopic (exact) mass is 383 g/mol. The standard InChI is InChI=1S/C20H18BrNO2/c1-4-9-24-20-18(21)11-15(12-19(20)23-3)10-17(13-22)16-7-5-14(2)6-8-16/h4-8,10-12H,1,9H2,2-3H3/b17-10+. The molecule has 0 fully saturated rings. The molecule has 0 atom stereocenters. The largest absolute Gasteiger partial charge is 0.493 e. The summed E-state index contributed by atoms with van der Waals surface area (Å²) < 4.78 is 11.8. The van der Waals surface area contributed by atoms with Crippen LogP contribution in [0.25, 0.3) is 11.6 Å². The van der Waals surface area contributed by atoms with Crippen LogP contribution < -0.4 is 9.47 Å². The Labute approximate surface area is 151 Å². The molecule has 0 saturated heterocycles. The van der Waals surface area contributed by atoms with E-state index in [-0.39, 0.29) is 0 Å². The summed E-state index contributed by atoms with van der Waals surface area (Å²) in [5.41, 5.74) is 3.47. The van der Waals surface area contributed by atoms with Crippen LogP contribution in [0, 0.1) is 18.3 Å². The van der Waals surface area contributed by atoms with Crippen molar-refractivity contribution in [3.05, 3.63) is 70.2 Å². The Morgan fingerprint density at radius 2 is 2.00 bits per heavy atom. The number of methoxy groups -OCH3 is 1. The van der Waals surface area contributed by atoms with Crippen LogP contribution in [-0.4, -0.2) is 13.7 Å². The molecule has 0 aliphatic carbocycles. The number of allylic oxidation sites excluding steroid dienone is 1. The third kappa shape index (κ3) is 4.27. The molecule has 0 heterocycles. The molecule has 4 heteroatoms. The molecule has 2 aromatic rings. The van der Waals surface area contributed by atoms with Crippen LogP contribution in [0.2, 0.25) is 0 Å². The third-order valence-electron chi connectivity index (χ3n) is 3.39. The minimum atomic E-state index is 0.386. The average Bonchev–Trinajstić information content (AvgIpc) is 2.59. The SMILES string of the molecule is C=CCOc1c(Br)cc(/C=C(\C#N)c2ccc(C)cc2)cc1OC. The second-order valence-electron chi connectivity index (χ2n) is 5.17. The van der Waals surface area contributed by atoms with E-state index >= 15 is 0 Å². The second kappa shape index (κ2) is 8.37. The Morgan fingerprint density at radius 3 is 2.58 bits per heavy atom. The minimum absolute atomic E-state index is 0.386. The summed E-state index contributed by atoms with van der Waals surface area (Å²) in [6, 6.07) is 13.9. The van der Waals surface area contributed by atoms with Crippen LogP contribution in [0.4, 0.5) is 0 Å². The fourth-order valence-electron chi connectivity index (χ4n) is 2.19. The highest BCUT2D eigenvalue weighted by Crippen LogP contribution is 2.37. The molecule has 0 unspecified atom stereocenters. The quantitative estimate of drug-likeness (QED) is 0.381. The Kier molecular flexibility index (Phi) is 6.22. The molecule has 2 rings (SSSR count). The Morgan fingerprint density at radius 1 is 1.29 bits per heavy atom. The molecule has 0 radical (unpaired) electrons. The van der Waals surface area contributed by atoms with Crippen molar-refractivity contribution in [2.24, 2.45) is 0 Å². The van der Waals surface area contributed by atoms with Crippen LogP contribution in [0.3, 0.4) is 0 Å². The smallest absolute Gasteiger partial charge is 0.175 e. The molecule has 0 saturated carbocycles. The van der Waals surface area contributed by atoms with Crippen molar-refractivity contribution >= 4 is 27.6 Å². The van der Waals surface area contributed by atoms with Gasteiger partial charge in [0.05, 0.1) is 23.2 Å². The van der Waals surface area contributed by atoms with Gasteiger partial charge in [-0.3, -0.25) is 0 Å². The zero-order valence-corrected chi connectivity index (χ0v) is 15.3. The number of nitriles is 1. The van der Waals surface area contributed by atoms with E-state index in [0.29, 0.717) is 23.7 Å². The number of benzene rings is 2. The first kappa shape index (κ1) is 17.8. The molecule has 122 valence electrons. The number of ether oxygens (including phenoxy) is 2. The maximum absolute atomic E-state index is 9.48. The van der Waals surface area contributed by atoms with Crippen LogP contribution in [0.5, 0.6) is 11.5 Å². The van der Waals surface area contributed by atoms with Gasteiger partial charge in [0.15, 0.2) is 11.5 Å². The van der Waals surface area contributed by atoms with Crippen LogP contribution in [0.1, 0.15) is 16.7 Å². The minimum Gasteiger partial charge on any atom is -0.493 e. The molecule has 0 bridgehead atoms. The van der Waals surface area contributed by atoms with Crippen molar-refractivity contribution in [2.75, 3.05) is 13.7 Å². The number of rotatable bonds is 6. The maximum Gasteiger partial charge on any atom is 0.175 e. The van der Waals surface area contributed by atoms with E-state index in [2.05, 4.69) is 28.6 Å². The summed E-state index contributed by atoms with van der Waals surface area (Å²) in [7, 11) is 1.58. The molecule has 24 heavy (non-hydrogen) atoms. The molecule has 0 aromatic heterocycles. The fourth-order valence-corrected chi connectivity index (χ4v) is 2.76. The zero-order valence-electron chi connectivity index (χ0n) is 13.7. The summed E-state index contributed by atoms with van der Waals surface area (Å²) in [6.07, 6.45) is 3.50.